The SMILES string of the molecule is CCCCCCCC(C)NC(C)c1cccc(O)c1. The molecule has 0 aliphatic carbocycles. The molecule has 0 radical (unpaired) electrons. The van der Waals surface area contributed by atoms with Crippen molar-refractivity contribution in [1.82, 2.24) is 5.32 Å². The van der Waals surface area contributed by atoms with Crippen molar-refractivity contribution < 1.29 is 5.11 Å². The van der Waals surface area contributed by atoms with Gasteiger partial charge < -0.3 is 10.4 Å². The number of aromatic hydroxyl groups is 1. The molecule has 2 N–H and O–H groups in total. The van der Waals surface area contributed by atoms with Crippen molar-refractivity contribution in [2.75, 3.05) is 0 Å². The van der Waals surface area contributed by atoms with E-state index in [9.17, 15) is 5.11 Å². The van der Waals surface area contributed by atoms with Gasteiger partial charge in [0, 0.05) is 12.1 Å². The molecule has 0 aromatic heterocycles. The number of phenols is 1. The van der Waals surface area contributed by atoms with Crippen LogP contribution >= 0.6 is 0 Å². The lowest BCUT2D eigenvalue weighted by molar-refractivity contribution is 0.433. The van der Waals surface area contributed by atoms with Crippen molar-refractivity contribution in [2.24, 2.45) is 0 Å². The van der Waals surface area contributed by atoms with Crippen LogP contribution in [0.2, 0.25) is 0 Å². The van der Waals surface area contributed by atoms with E-state index in [1.165, 1.54) is 38.5 Å². The first-order valence-electron chi connectivity index (χ1n) is 7.68. The highest BCUT2D eigenvalue weighted by Crippen LogP contribution is 2.19. The molecule has 2 atom stereocenters. The van der Waals surface area contributed by atoms with E-state index in [0.717, 1.165) is 5.56 Å². The number of nitrogens with one attached hydrogen (secondary N) is 1. The van der Waals surface area contributed by atoms with Crippen LogP contribution in [0.15, 0.2) is 24.3 Å². The Hall–Kier alpha value is -1.02. The molecule has 0 saturated carbocycles. The van der Waals surface area contributed by atoms with E-state index in [0.29, 0.717) is 11.8 Å². The molecule has 0 bridgehead atoms. The van der Waals surface area contributed by atoms with Crippen LogP contribution in [-0.4, -0.2) is 11.1 Å². The Bertz CT molecular complexity index is 351. The second-order valence-corrected chi connectivity index (χ2v) is 5.59. The van der Waals surface area contributed by atoms with Crippen LogP contribution in [0.25, 0.3) is 0 Å². The Kier molecular flexibility index (Phi) is 7.57. The zero-order valence-corrected chi connectivity index (χ0v) is 12.7. The van der Waals surface area contributed by atoms with Gasteiger partial charge in [-0.2, -0.15) is 0 Å². The van der Waals surface area contributed by atoms with E-state index in [4.69, 9.17) is 0 Å². The van der Waals surface area contributed by atoms with Crippen molar-refractivity contribution in [2.45, 2.75) is 71.4 Å². The molecule has 0 heterocycles. The molecular weight excluding hydrogens is 234 g/mol. The second-order valence-electron chi connectivity index (χ2n) is 5.59. The number of phenolic OH excluding ortho intramolecular Hbond substituents is 1. The minimum atomic E-state index is 0.290. The maximum atomic E-state index is 9.49. The highest BCUT2D eigenvalue weighted by molar-refractivity contribution is 5.29. The lowest BCUT2D eigenvalue weighted by Gasteiger charge is -2.20. The lowest BCUT2D eigenvalue weighted by atomic mass is 10.0. The van der Waals surface area contributed by atoms with E-state index in [2.05, 4.69) is 32.2 Å². The minimum absolute atomic E-state index is 0.290. The van der Waals surface area contributed by atoms with Gasteiger partial charge in [-0.05, 0) is 38.0 Å². The molecule has 0 saturated heterocycles. The number of hydrogen-bond donors (Lipinski definition) is 2. The van der Waals surface area contributed by atoms with Gasteiger partial charge in [-0.25, -0.2) is 0 Å². The summed E-state index contributed by atoms with van der Waals surface area (Å²) in [6.45, 7) is 6.66. The predicted octanol–water partition coefficient (Wildman–Crippen LogP) is 4.79. The summed E-state index contributed by atoms with van der Waals surface area (Å²) in [6.07, 6.45) is 7.92. The van der Waals surface area contributed by atoms with Crippen molar-refractivity contribution in [1.29, 1.82) is 0 Å². The number of rotatable bonds is 9. The van der Waals surface area contributed by atoms with E-state index >= 15 is 0 Å². The van der Waals surface area contributed by atoms with Crippen LogP contribution in [0.4, 0.5) is 0 Å². The third-order valence-electron chi connectivity index (χ3n) is 3.65. The Morgan fingerprint density at radius 3 is 2.53 bits per heavy atom. The minimum Gasteiger partial charge on any atom is -0.508 e. The maximum Gasteiger partial charge on any atom is 0.115 e. The molecule has 19 heavy (non-hydrogen) atoms. The maximum absolute atomic E-state index is 9.49. The van der Waals surface area contributed by atoms with Crippen molar-refractivity contribution in [3.05, 3.63) is 29.8 Å². The first-order chi connectivity index (χ1) is 9.13. The Morgan fingerprint density at radius 1 is 1.11 bits per heavy atom. The van der Waals surface area contributed by atoms with Crippen LogP contribution in [-0.2, 0) is 0 Å². The summed E-state index contributed by atoms with van der Waals surface area (Å²) in [5.41, 5.74) is 1.15. The van der Waals surface area contributed by atoms with Crippen molar-refractivity contribution in [3.63, 3.8) is 0 Å². The molecule has 1 rings (SSSR count). The molecule has 2 unspecified atom stereocenters. The first-order valence-corrected chi connectivity index (χ1v) is 7.68. The van der Waals surface area contributed by atoms with Crippen LogP contribution in [0, 0.1) is 0 Å². The van der Waals surface area contributed by atoms with E-state index < -0.39 is 0 Å². The monoisotopic (exact) mass is 263 g/mol. The average molecular weight is 263 g/mol. The molecule has 1 aromatic rings. The summed E-state index contributed by atoms with van der Waals surface area (Å²) in [6, 6.07) is 8.33. The van der Waals surface area contributed by atoms with Crippen molar-refractivity contribution in [3.8, 4) is 5.75 Å². The van der Waals surface area contributed by atoms with Crippen LogP contribution in [0.1, 0.15) is 70.9 Å². The fourth-order valence-corrected chi connectivity index (χ4v) is 2.45. The first kappa shape index (κ1) is 16.0. The zero-order chi connectivity index (χ0) is 14.1. The molecule has 0 fully saturated rings. The Balaban J connectivity index is 2.26. The third kappa shape index (κ3) is 6.63. The van der Waals surface area contributed by atoms with Crippen LogP contribution in [0.3, 0.4) is 0 Å². The molecular formula is C17H29NO. The fraction of sp³-hybridized carbons (Fsp3) is 0.647. The molecule has 2 heteroatoms. The fourth-order valence-electron chi connectivity index (χ4n) is 2.45. The lowest BCUT2D eigenvalue weighted by Crippen LogP contribution is -2.28. The number of benzene rings is 1. The largest absolute Gasteiger partial charge is 0.508 e. The van der Waals surface area contributed by atoms with Crippen molar-refractivity contribution >= 4 is 0 Å². The van der Waals surface area contributed by atoms with E-state index in [1.54, 1.807) is 6.07 Å². The molecule has 108 valence electrons. The van der Waals surface area contributed by atoms with Gasteiger partial charge in [-0.15, -0.1) is 0 Å². The van der Waals surface area contributed by atoms with Gasteiger partial charge in [0.2, 0.25) is 0 Å². The Morgan fingerprint density at radius 2 is 1.84 bits per heavy atom. The number of hydrogen-bond acceptors (Lipinski definition) is 2. The zero-order valence-electron chi connectivity index (χ0n) is 12.7. The van der Waals surface area contributed by atoms with Gasteiger partial charge in [0.25, 0.3) is 0 Å². The normalized spacial score (nSPS) is 14.3. The molecule has 1 aromatic carbocycles. The smallest absolute Gasteiger partial charge is 0.115 e. The summed E-state index contributed by atoms with van der Waals surface area (Å²) < 4.78 is 0. The highest BCUT2D eigenvalue weighted by Gasteiger charge is 2.09. The Labute approximate surface area is 118 Å². The standard InChI is InChI=1S/C17H29NO/c1-4-5-6-7-8-10-14(2)18-15(3)16-11-9-12-17(19)13-16/h9,11-15,18-19H,4-8,10H2,1-3H3. The van der Waals surface area contributed by atoms with Gasteiger partial charge in [-0.1, -0.05) is 51.2 Å². The summed E-state index contributed by atoms with van der Waals surface area (Å²) in [5.74, 6) is 0.346. The summed E-state index contributed by atoms with van der Waals surface area (Å²) >= 11 is 0. The average Bonchev–Trinajstić information content (AvgIpc) is 2.38. The predicted molar refractivity (Wildman–Crippen MR) is 82.5 cm³/mol. The number of unbranched alkanes of at least 4 members (excludes halogenated alkanes) is 4. The molecule has 2 nitrogen and oxygen atoms in total. The molecule has 0 amide bonds. The van der Waals surface area contributed by atoms with Gasteiger partial charge in [0.1, 0.15) is 5.75 Å². The van der Waals surface area contributed by atoms with Gasteiger partial charge in [0.15, 0.2) is 0 Å². The third-order valence-corrected chi connectivity index (χ3v) is 3.65. The van der Waals surface area contributed by atoms with Crippen LogP contribution in [0.5, 0.6) is 5.75 Å². The molecule has 0 spiro atoms. The second kappa shape index (κ2) is 8.98. The molecule has 0 aliphatic rings. The summed E-state index contributed by atoms with van der Waals surface area (Å²) in [7, 11) is 0. The summed E-state index contributed by atoms with van der Waals surface area (Å²) in [4.78, 5) is 0. The molecule has 0 aliphatic heterocycles. The van der Waals surface area contributed by atoms with Gasteiger partial charge >= 0.3 is 0 Å². The highest BCUT2D eigenvalue weighted by atomic mass is 16.3. The van der Waals surface area contributed by atoms with E-state index in [-0.39, 0.29) is 6.04 Å². The summed E-state index contributed by atoms with van der Waals surface area (Å²) in [5, 5.41) is 13.1. The van der Waals surface area contributed by atoms with Gasteiger partial charge in [0.05, 0.1) is 0 Å². The van der Waals surface area contributed by atoms with E-state index in [1.807, 2.05) is 12.1 Å². The quantitative estimate of drug-likeness (QED) is 0.628. The topological polar surface area (TPSA) is 32.3 Å². The van der Waals surface area contributed by atoms with Crippen LogP contribution < -0.4 is 5.32 Å². The van der Waals surface area contributed by atoms with Gasteiger partial charge in [-0.3, -0.25) is 0 Å².